The first-order chi connectivity index (χ1) is 18.6. The van der Waals surface area contributed by atoms with Crippen LogP contribution < -0.4 is 26.7 Å². The predicted octanol–water partition coefficient (Wildman–Crippen LogP) is 4.68. The molecule has 0 radical (unpaired) electrons. The molecule has 4 aromatic rings. The fourth-order valence-electron chi connectivity index (χ4n) is 4.69. The van der Waals surface area contributed by atoms with Crippen LogP contribution >= 0.6 is 0 Å². The highest BCUT2D eigenvalue weighted by molar-refractivity contribution is 6.02. The number of hydrogen-bond acceptors (Lipinski definition) is 5. The standard InChI is InChI=1S/C30H35N5O4/c1-6-32-29(37)25-15-23-24(16-35(5)30(38)27(23)34-25)20-10-17(2)11-22(14-20)39-28-18(3)12-21(13-19(28)4)33-26(36)8-7-9-31/h10-16,34H,6-9,31H2,1-5H3,(H,32,37)(H,33,36). The van der Waals surface area contributed by atoms with Crippen molar-refractivity contribution in [1.82, 2.24) is 14.9 Å². The third-order valence-electron chi connectivity index (χ3n) is 6.48. The van der Waals surface area contributed by atoms with Gasteiger partial charge in [0.05, 0.1) is 0 Å². The number of nitrogens with one attached hydrogen (secondary N) is 3. The number of H-pyrrole nitrogens is 1. The summed E-state index contributed by atoms with van der Waals surface area (Å²) < 4.78 is 7.89. The number of aromatic amines is 1. The van der Waals surface area contributed by atoms with Crippen LogP contribution in [0.5, 0.6) is 11.5 Å². The topological polar surface area (TPSA) is 131 Å². The highest BCUT2D eigenvalue weighted by atomic mass is 16.5. The molecule has 0 fully saturated rings. The fourth-order valence-corrected chi connectivity index (χ4v) is 4.69. The third kappa shape index (κ3) is 6.04. The van der Waals surface area contributed by atoms with Gasteiger partial charge in [-0.05, 0) is 93.2 Å². The van der Waals surface area contributed by atoms with E-state index in [2.05, 4.69) is 15.6 Å². The first-order valence-electron chi connectivity index (χ1n) is 13.0. The van der Waals surface area contributed by atoms with Crippen LogP contribution in [0.2, 0.25) is 0 Å². The number of pyridine rings is 1. The highest BCUT2D eigenvalue weighted by Gasteiger charge is 2.17. The lowest BCUT2D eigenvalue weighted by atomic mass is 10.0. The minimum absolute atomic E-state index is 0.0695. The number of amides is 2. The summed E-state index contributed by atoms with van der Waals surface area (Å²) in [6, 6.07) is 11.4. The number of nitrogens with two attached hydrogens (primary N) is 1. The smallest absolute Gasteiger partial charge is 0.274 e. The molecule has 0 bridgehead atoms. The van der Waals surface area contributed by atoms with E-state index in [0.29, 0.717) is 59.7 Å². The largest absolute Gasteiger partial charge is 0.457 e. The highest BCUT2D eigenvalue weighted by Crippen LogP contribution is 2.36. The normalized spacial score (nSPS) is 11.0. The van der Waals surface area contributed by atoms with Gasteiger partial charge in [-0.3, -0.25) is 14.4 Å². The minimum Gasteiger partial charge on any atom is -0.457 e. The monoisotopic (exact) mass is 529 g/mol. The maximum Gasteiger partial charge on any atom is 0.274 e. The van der Waals surface area contributed by atoms with Gasteiger partial charge < -0.3 is 30.7 Å². The van der Waals surface area contributed by atoms with Crippen LogP contribution in [0.15, 0.2) is 47.4 Å². The lowest BCUT2D eigenvalue weighted by Crippen LogP contribution is -2.23. The van der Waals surface area contributed by atoms with Crippen molar-refractivity contribution in [1.29, 1.82) is 0 Å². The van der Waals surface area contributed by atoms with Crippen molar-refractivity contribution in [3.63, 3.8) is 0 Å². The van der Waals surface area contributed by atoms with Crippen LogP contribution in [0, 0.1) is 20.8 Å². The van der Waals surface area contributed by atoms with Gasteiger partial charge in [-0.15, -0.1) is 0 Å². The summed E-state index contributed by atoms with van der Waals surface area (Å²) in [7, 11) is 1.69. The summed E-state index contributed by atoms with van der Waals surface area (Å²) in [6.45, 7) is 8.66. The first-order valence-corrected chi connectivity index (χ1v) is 13.0. The zero-order valence-electron chi connectivity index (χ0n) is 23.0. The Bertz CT molecular complexity index is 1590. The number of ether oxygens (including phenoxy) is 1. The molecule has 0 spiro atoms. The molecule has 0 aliphatic carbocycles. The van der Waals surface area contributed by atoms with E-state index in [9.17, 15) is 14.4 Å². The van der Waals surface area contributed by atoms with E-state index in [1.165, 1.54) is 4.57 Å². The molecular weight excluding hydrogens is 494 g/mol. The summed E-state index contributed by atoms with van der Waals surface area (Å²) >= 11 is 0. The van der Waals surface area contributed by atoms with Crippen molar-refractivity contribution in [2.24, 2.45) is 12.8 Å². The predicted molar refractivity (Wildman–Crippen MR) is 155 cm³/mol. The second kappa shape index (κ2) is 11.6. The molecule has 9 nitrogen and oxygen atoms in total. The maximum atomic E-state index is 12.8. The van der Waals surface area contributed by atoms with E-state index in [1.807, 2.05) is 58.0 Å². The number of carbonyl (C=O) groups is 2. The number of fused-ring (bicyclic) bond motifs is 1. The van der Waals surface area contributed by atoms with Crippen LogP contribution in [0.25, 0.3) is 22.0 Å². The van der Waals surface area contributed by atoms with E-state index in [-0.39, 0.29) is 17.4 Å². The van der Waals surface area contributed by atoms with Crippen molar-refractivity contribution in [2.75, 3.05) is 18.4 Å². The molecule has 0 aliphatic heterocycles. The Balaban J connectivity index is 1.71. The summed E-state index contributed by atoms with van der Waals surface area (Å²) in [4.78, 5) is 40.5. The number of aromatic nitrogens is 2. The van der Waals surface area contributed by atoms with Gasteiger partial charge in [0, 0.05) is 42.8 Å². The quantitative estimate of drug-likeness (QED) is 0.250. The number of hydrogen-bond donors (Lipinski definition) is 4. The Morgan fingerprint density at radius 2 is 1.77 bits per heavy atom. The molecule has 2 aromatic carbocycles. The fraction of sp³-hybridized carbons (Fsp3) is 0.300. The Morgan fingerprint density at radius 3 is 2.44 bits per heavy atom. The molecule has 0 aliphatic rings. The molecule has 0 unspecified atom stereocenters. The number of rotatable bonds is 9. The first kappa shape index (κ1) is 27.7. The van der Waals surface area contributed by atoms with Gasteiger partial charge in [0.15, 0.2) is 0 Å². The van der Waals surface area contributed by atoms with E-state index in [4.69, 9.17) is 10.5 Å². The van der Waals surface area contributed by atoms with E-state index in [0.717, 1.165) is 27.8 Å². The Labute approximate surface area is 227 Å². The molecule has 204 valence electrons. The number of aryl methyl sites for hydroxylation is 4. The number of carbonyl (C=O) groups excluding carboxylic acids is 2. The Kier molecular flexibility index (Phi) is 8.21. The van der Waals surface area contributed by atoms with Crippen molar-refractivity contribution < 1.29 is 14.3 Å². The molecule has 0 saturated heterocycles. The van der Waals surface area contributed by atoms with Gasteiger partial charge in [0.1, 0.15) is 22.7 Å². The number of nitrogens with zero attached hydrogens (tertiary/aromatic N) is 1. The Morgan fingerprint density at radius 1 is 1.05 bits per heavy atom. The van der Waals surface area contributed by atoms with Gasteiger partial charge in [-0.1, -0.05) is 6.07 Å². The summed E-state index contributed by atoms with van der Waals surface area (Å²) in [6.07, 6.45) is 2.79. The van der Waals surface area contributed by atoms with Crippen molar-refractivity contribution in [3.8, 4) is 22.6 Å². The summed E-state index contributed by atoms with van der Waals surface area (Å²) in [5.41, 5.74) is 11.1. The van der Waals surface area contributed by atoms with Crippen molar-refractivity contribution in [2.45, 2.75) is 40.5 Å². The summed E-state index contributed by atoms with van der Waals surface area (Å²) in [5.74, 6) is 1.01. The second-order valence-electron chi connectivity index (χ2n) is 9.81. The lowest BCUT2D eigenvalue weighted by molar-refractivity contribution is -0.116. The molecule has 9 heteroatoms. The van der Waals surface area contributed by atoms with Gasteiger partial charge in [0.2, 0.25) is 5.91 Å². The average molecular weight is 530 g/mol. The lowest BCUT2D eigenvalue weighted by Gasteiger charge is -2.16. The molecule has 39 heavy (non-hydrogen) atoms. The zero-order chi connectivity index (χ0) is 28.3. The van der Waals surface area contributed by atoms with Crippen LogP contribution in [0.1, 0.15) is 46.9 Å². The van der Waals surface area contributed by atoms with E-state index >= 15 is 0 Å². The zero-order valence-corrected chi connectivity index (χ0v) is 23.0. The Hall–Kier alpha value is -4.37. The van der Waals surface area contributed by atoms with E-state index in [1.54, 1.807) is 19.3 Å². The van der Waals surface area contributed by atoms with Gasteiger partial charge in [0.25, 0.3) is 11.5 Å². The van der Waals surface area contributed by atoms with Crippen LogP contribution in [0.3, 0.4) is 0 Å². The molecule has 0 atom stereocenters. The van der Waals surface area contributed by atoms with Gasteiger partial charge >= 0.3 is 0 Å². The molecule has 2 heterocycles. The third-order valence-corrected chi connectivity index (χ3v) is 6.48. The minimum atomic E-state index is -0.264. The van der Waals surface area contributed by atoms with Gasteiger partial charge in [-0.25, -0.2) is 0 Å². The summed E-state index contributed by atoms with van der Waals surface area (Å²) in [5, 5.41) is 6.36. The van der Waals surface area contributed by atoms with Crippen molar-refractivity contribution in [3.05, 3.63) is 75.3 Å². The molecule has 2 aromatic heterocycles. The molecule has 0 saturated carbocycles. The van der Waals surface area contributed by atoms with Crippen LogP contribution in [-0.4, -0.2) is 34.5 Å². The molecule has 4 rings (SSSR count). The maximum absolute atomic E-state index is 12.8. The molecular formula is C30H35N5O4. The van der Waals surface area contributed by atoms with Crippen LogP contribution in [0.4, 0.5) is 5.69 Å². The van der Waals surface area contributed by atoms with E-state index < -0.39 is 0 Å². The number of benzene rings is 2. The molecule has 5 N–H and O–H groups in total. The van der Waals surface area contributed by atoms with Crippen molar-refractivity contribution >= 4 is 28.4 Å². The second-order valence-corrected chi connectivity index (χ2v) is 9.81. The SMILES string of the molecule is CCNC(=O)c1cc2c(-c3cc(C)cc(Oc4c(C)cc(NC(=O)CCCN)cc4C)c3)cn(C)c(=O)c2[nH]1. The molecule has 2 amide bonds. The average Bonchev–Trinajstić information content (AvgIpc) is 3.33. The number of anilines is 1. The van der Waals surface area contributed by atoms with Gasteiger partial charge in [-0.2, -0.15) is 0 Å². The van der Waals surface area contributed by atoms with Crippen LogP contribution in [-0.2, 0) is 11.8 Å².